The van der Waals surface area contributed by atoms with Crippen LogP contribution in [-0.4, -0.2) is 22.0 Å². The van der Waals surface area contributed by atoms with Gasteiger partial charge in [-0.05, 0) is 37.0 Å². The van der Waals surface area contributed by atoms with Crippen molar-refractivity contribution < 1.29 is 18.0 Å². The summed E-state index contributed by atoms with van der Waals surface area (Å²) in [5.74, 6) is -0.848. The smallest absolute Gasteiger partial charge is 0.383 e. The summed E-state index contributed by atoms with van der Waals surface area (Å²) in [6.07, 6.45) is -2.77. The second-order valence-electron chi connectivity index (χ2n) is 7.72. The summed E-state index contributed by atoms with van der Waals surface area (Å²) in [6.45, 7) is 6.01. The van der Waals surface area contributed by atoms with Crippen LogP contribution in [-0.2, 0) is 12.7 Å². The molecule has 170 valence electrons. The zero-order chi connectivity index (χ0) is 23.3. The van der Waals surface area contributed by atoms with Gasteiger partial charge in [-0.3, -0.25) is 19.1 Å². The first-order valence-electron chi connectivity index (χ1n) is 10.1. The molecule has 1 heterocycles. The Labute approximate surface area is 177 Å². The number of amides is 1. The van der Waals surface area contributed by atoms with Crippen molar-refractivity contribution in [3.8, 4) is 0 Å². The van der Waals surface area contributed by atoms with Gasteiger partial charge < -0.3 is 10.6 Å². The van der Waals surface area contributed by atoms with Crippen molar-refractivity contribution in [3.05, 3.63) is 56.2 Å². The Bertz CT molecular complexity index is 1040. The number of nitrogens with zero attached hydrogens (tertiary/aromatic N) is 2. The number of anilines is 2. The molecule has 1 aromatic heterocycles. The highest BCUT2D eigenvalue weighted by molar-refractivity contribution is 6.07. The Hall–Kier alpha value is -3.04. The standard InChI is InChI=1S/C21H27F3N4O3/c1-4-5-10-28-17(25)16(18(29)26-20(28)31)27(11-9-13(2)3)19(30)14-7-6-8-15(12-14)21(22,23)24/h6-8,12-13H,4-5,9-11,25H2,1-3H3,(H,26,29,31). The van der Waals surface area contributed by atoms with Crippen molar-refractivity contribution in [1.82, 2.24) is 9.55 Å². The predicted molar refractivity (Wildman–Crippen MR) is 113 cm³/mol. The molecule has 0 aliphatic rings. The number of hydrogen-bond donors (Lipinski definition) is 2. The molecule has 2 rings (SSSR count). The van der Waals surface area contributed by atoms with E-state index in [1.165, 1.54) is 10.6 Å². The van der Waals surface area contributed by atoms with E-state index >= 15 is 0 Å². The number of H-pyrrole nitrogens is 1. The number of aromatic amines is 1. The molecular weight excluding hydrogens is 413 g/mol. The molecule has 0 atom stereocenters. The molecule has 7 nitrogen and oxygen atoms in total. The minimum absolute atomic E-state index is 0.0476. The van der Waals surface area contributed by atoms with E-state index in [2.05, 4.69) is 4.98 Å². The first-order chi connectivity index (χ1) is 14.5. The van der Waals surface area contributed by atoms with Crippen molar-refractivity contribution in [2.75, 3.05) is 17.2 Å². The van der Waals surface area contributed by atoms with Gasteiger partial charge in [0.2, 0.25) is 0 Å². The lowest BCUT2D eigenvalue weighted by atomic mass is 10.1. The Morgan fingerprint density at radius 3 is 2.52 bits per heavy atom. The fourth-order valence-corrected chi connectivity index (χ4v) is 3.06. The van der Waals surface area contributed by atoms with Crippen LogP contribution in [0.25, 0.3) is 0 Å². The second kappa shape index (κ2) is 9.84. The summed E-state index contributed by atoms with van der Waals surface area (Å²) in [5, 5.41) is 0. The number of nitrogen functional groups attached to an aromatic ring is 1. The molecule has 2 aromatic rings. The molecule has 0 saturated carbocycles. The van der Waals surface area contributed by atoms with Crippen molar-refractivity contribution >= 4 is 17.4 Å². The number of carbonyl (C=O) groups excluding carboxylic acids is 1. The van der Waals surface area contributed by atoms with Gasteiger partial charge in [-0.15, -0.1) is 0 Å². The van der Waals surface area contributed by atoms with E-state index in [0.717, 1.165) is 29.5 Å². The monoisotopic (exact) mass is 440 g/mol. The van der Waals surface area contributed by atoms with Crippen LogP contribution in [0.3, 0.4) is 0 Å². The lowest BCUT2D eigenvalue weighted by Crippen LogP contribution is -2.42. The highest BCUT2D eigenvalue weighted by atomic mass is 19.4. The van der Waals surface area contributed by atoms with E-state index in [1.807, 2.05) is 20.8 Å². The maximum Gasteiger partial charge on any atom is 0.416 e. The van der Waals surface area contributed by atoms with Crippen LogP contribution in [0.5, 0.6) is 0 Å². The van der Waals surface area contributed by atoms with Crippen molar-refractivity contribution in [2.45, 2.75) is 52.8 Å². The average Bonchev–Trinajstić information content (AvgIpc) is 2.69. The van der Waals surface area contributed by atoms with Gasteiger partial charge >= 0.3 is 11.9 Å². The molecular formula is C21H27F3N4O3. The topological polar surface area (TPSA) is 101 Å². The third-order valence-corrected chi connectivity index (χ3v) is 4.83. The van der Waals surface area contributed by atoms with Crippen LogP contribution in [0.4, 0.5) is 24.7 Å². The fourth-order valence-electron chi connectivity index (χ4n) is 3.06. The molecule has 0 bridgehead atoms. The molecule has 0 saturated heterocycles. The van der Waals surface area contributed by atoms with E-state index < -0.39 is 28.9 Å². The van der Waals surface area contributed by atoms with E-state index in [-0.39, 0.29) is 36.1 Å². The van der Waals surface area contributed by atoms with E-state index in [0.29, 0.717) is 12.8 Å². The summed E-state index contributed by atoms with van der Waals surface area (Å²) >= 11 is 0. The number of halogens is 3. The highest BCUT2D eigenvalue weighted by Gasteiger charge is 2.32. The van der Waals surface area contributed by atoms with Crippen molar-refractivity contribution in [2.24, 2.45) is 5.92 Å². The van der Waals surface area contributed by atoms with Crippen LogP contribution in [0.1, 0.15) is 56.0 Å². The summed E-state index contributed by atoms with van der Waals surface area (Å²) in [5.41, 5.74) is 3.11. The third-order valence-electron chi connectivity index (χ3n) is 4.83. The van der Waals surface area contributed by atoms with Gasteiger partial charge in [-0.1, -0.05) is 33.3 Å². The van der Waals surface area contributed by atoms with Gasteiger partial charge in [0.25, 0.3) is 11.5 Å². The quantitative estimate of drug-likeness (QED) is 0.655. The van der Waals surface area contributed by atoms with Gasteiger partial charge in [0.05, 0.1) is 5.56 Å². The summed E-state index contributed by atoms with van der Waals surface area (Å²) in [4.78, 5) is 41.3. The van der Waals surface area contributed by atoms with Crippen molar-refractivity contribution in [3.63, 3.8) is 0 Å². The number of aromatic nitrogens is 2. The van der Waals surface area contributed by atoms with Gasteiger partial charge in [0.15, 0.2) is 5.69 Å². The van der Waals surface area contributed by atoms with Crippen LogP contribution in [0.15, 0.2) is 33.9 Å². The SMILES string of the molecule is CCCCn1c(N)c(N(CCC(C)C)C(=O)c2cccc(C(F)(F)F)c2)c(=O)[nH]c1=O. The molecule has 0 aliphatic carbocycles. The lowest BCUT2D eigenvalue weighted by Gasteiger charge is -2.25. The average molecular weight is 440 g/mol. The molecule has 3 N–H and O–H groups in total. The Morgan fingerprint density at radius 2 is 1.94 bits per heavy atom. The fraction of sp³-hybridized carbons (Fsp3) is 0.476. The van der Waals surface area contributed by atoms with E-state index in [1.54, 1.807) is 0 Å². The maximum atomic E-state index is 13.2. The lowest BCUT2D eigenvalue weighted by molar-refractivity contribution is -0.137. The van der Waals surface area contributed by atoms with Crippen LogP contribution < -0.4 is 21.9 Å². The first-order valence-corrected chi connectivity index (χ1v) is 10.1. The molecule has 31 heavy (non-hydrogen) atoms. The normalized spacial score (nSPS) is 11.7. The summed E-state index contributed by atoms with van der Waals surface area (Å²) in [7, 11) is 0. The third kappa shape index (κ3) is 5.77. The Kier molecular flexibility index (Phi) is 7.70. The van der Waals surface area contributed by atoms with Gasteiger partial charge in [-0.25, -0.2) is 4.79 Å². The molecule has 0 unspecified atom stereocenters. The van der Waals surface area contributed by atoms with E-state index in [4.69, 9.17) is 5.73 Å². The number of carbonyl (C=O) groups is 1. The Morgan fingerprint density at radius 1 is 1.26 bits per heavy atom. The van der Waals surface area contributed by atoms with Gasteiger partial charge in [-0.2, -0.15) is 13.2 Å². The highest BCUT2D eigenvalue weighted by Crippen LogP contribution is 2.30. The number of benzene rings is 1. The zero-order valence-electron chi connectivity index (χ0n) is 17.8. The number of unbranched alkanes of at least 4 members (excludes halogenated alkanes) is 1. The minimum Gasteiger partial charge on any atom is -0.383 e. The molecule has 0 spiro atoms. The molecule has 1 aromatic carbocycles. The summed E-state index contributed by atoms with van der Waals surface area (Å²) < 4.78 is 40.5. The van der Waals surface area contributed by atoms with Crippen LogP contribution in [0.2, 0.25) is 0 Å². The molecule has 0 radical (unpaired) electrons. The molecule has 10 heteroatoms. The van der Waals surface area contributed by atoms with Crippen LogP contribution >= 0.6 is 0 Å². The van der Waals surface area contributed by atoms with Crippen LogP contribution in [0, 0.1) is 5.92 Å². The number of nitrogens with one attached hydrogen (secondary N) is 1. The number of alkyl halides is 3. The number of rotatable bonds is 8. The first kappa shape index (κ1) is 24.2. The maximum absolute atomic E-state index is 13.2. The van der Waals surface area contributed by atoms with E-state index in [9.17, 15) is 27.6 Å². The van der Waals surface area contributed by atoms with Crippen molar-refractivity contribution in [1.29, 1.82) is 0 Å². The molecule has 0 fully saturated rings. The van der Waals surface area contributed by atoms with Gasteiger partial charge in [0.1, 0.15) is 5.82 Å². The van der Waals surface area contributed by atoms with Gasteiger partial charge in [0, 0.05) is 18.7 Å². The largest absolute Gasteiger partial charge is 0.416 e. The zero-order valence-corrected chi connectivity index (χ0v) is 17.8. The summed E-state index contributed by atoms with van der Waals surface area (Å²) in [6, 6.07) is 3.98. The molecule has 0 aliphatic heterocycles. The number of nitrogens with two attached hydrogens (primary N) is 1. The second-order valence-corrected chi connectivity index (χ2v) is 7.72. The minimum atomic E-state index is -4.62. The Balaban J connectivity index is 2.61. The molecule has 1 amide bonds. The number of hydrogen-bond acceptors (Lipinski definition) is 4. The predicted octanol–water partition coefficient (Wildman–Crippen LogP) is 3.63.